The van der Waals surface area contributed by atoms with Crippen LogP contribution in [-0.2, 0) is 4.79 Å². The topological polar surface area (TPSA) is 61.4 Å². The Hall–Kier alpha value is -1.69. The molecule has 0 aliphatic carbocycles. The molecular weight excluding hydrogens is 266 g/mol. The van der Waals surface area contributed by atoms with Crippen molar-refractivity contribution < 1.29 is 4.79 Å². The molecule has 1 N–H and O–H groups in total. The summed E-state index contributed by atoms with van der Waals surface area (Å²) in [6.45, 7) is 6.07. The molecule has 1 atom stereocenters. The highest BCUT2D eigenvalue weighted by Crippen LogP contribution is 2.22. The summed E-state index contributed by atoms with van der Waals surface area (Å²) in [4.78, 5) is 24.8. The normalized spacial score (nSPS) is 23.2. The molecule has 1 amide bonds. The van der Waals surface area contributed by atoms with E-state index in [0.29, 0.717) is 6.04 Å². The fraction of sp³-hybridized carbons (Fsp3) is 0.667. The third-order valence-electron chi connectivity index (χ3n) is 4.32. The van der Waals surface area contributed by atoms with E-state index in [4.69, 9.17) is 4.98 Å². The molecule has 0 unspecified atom stereocenters. The van der Waals surface area contributed by atoms with Crippen molar-refractivity contribution >= 4 is 11.7 Å². The van der Waals surface area contributed by atoms with Gasteiger partial charge < -0.3 is 15.1 Å². The molecule has 1 aromatic heterocycles. The lowest BCUT2D eigenvalue weighted by Gasteiger charge is -2.23. The minimum atomic E-state index is 0.159. The van der Waals surface area contributed by atoms with Gasteiger partial charge in [0, 0.05) is 33.1 Å². The molecule has 3 rings (SSSR count). The SMILES string of the molecule is CC(=O)N1CCCN(c2cncc([C@H]3CCCN3)n2)CC1. The molecule has 21 heavy (non-hydrogen) atoms. The Morgan fingerprint density at radius 3 is 2.90 bits per heavy atom. The van der Waals surface area contributed by atoms with Crippen molar-refractivity contribution in [2.24, 2.45) is 0 Å². The van der Waals surface area contributed by atoms with Crippen LogP contribution in [0, 0.1) is 0 Å². The number of anilines is 1. The van der Waals surface area contributed by atoms with Crippen LogP contribution in [0.1, 0.15) is 37.9 Å². The van der Waals surface area contributed by atoms with E-state index in [0.717, 1.165) is 57.1 Å². The Labute approximate surface area is 125 Å². The quantitative estimate of drug-likeness (QED) is 0.878. The van der Waals surface area contributed by atoms with Gasteiger partial charge in [-0.2, -0.15) is 0 Å². The van der Waals surface area contributed by atoms with Crippen LogP contribution in [0.2, 0.25) is 0 Å². The van der Waals surface area contributed by atoms with Crippen molar-refractivity contribution in [1.29, 1.82) is 0 Å². The summed E-state index contributed by atoms with van der Waals surface area (Å²) in [6.07, 6.45) is 7.02. The van der Waals surface area contributed by atoms with Crippen molar-refractivity contribution in [1.82, 2.24) is 20.2 Å². The van der Waals surface area contributed by atoms with Crippen LogP contribution < -0.4 is 10.2 Å². The minimum absolute atomic E-state index is 0.159. The zero-order chi connectivity index (χ0) is 14.7. The monoisotopic (exact) mass is 289 g/mol. The standard InChI is InChI=1S/C15H23N5O/c1-12(21)19-6-3-7-20(9-8-19)15-11-16-10-14(18-15)13-4-2-5-17-13/h10-11,13,17H,2-9H2,1H3/t13-/m1/s1. The van der Waals surface area contributed by atoms with Crippen LogP contribution in [-0.4, -0.2) is 53.5 Å². The fourth-order valence-corrected chi connectivity index (χ4v) is 3.09. The lowest BCUT2D eigenvalue weighted by molar-refractivity contribution is -0.128. The number of carbonyl (C=O) groups is 1. The van der Waals surface area contributed by atoms with Crippen LogP contribution in [0.25, 0.3) is 0 Å². The maximum atomic E-state index is 11.5. The molecule has 114 valence electrons. The van der Waals surface area contributed by atoms with Gasteiger partial charge in [-0.25, -0.2) is 4.98 Å². The number of amides is 1. The van der Waals surface area contributed by atoms with Crippen LogP contribution in [0.5, 0.6) is 0 Å². The summed E-state index contributed by atoms with van der Waals surface area (Å²) < 4.78 is 0. The molecule has 1 aromatic rings. The Balaban J connectivity index is 1.71. The van der Waals surface area contributed by atoms with Crippen molar-refractivity contribution in [2.45, 2.75) is 32.2 Å². The van der Waals surface area contributed by atoms with Gasteiger partial charge in [-0.15, -0.1) is 0 Å². The van der Waals surface area contributed by atoms with E-state index in [-0.39, 0.29) is 5.91 Å². The van der Waals surface area contributed by atoms with Crippen LogP contribution in [0.3, 0.4) is 0 Å². The van der Waals surface area contributed by atoms with Crippen molar-refractivity contribution in [3.63, 3.8) is 0 Å². The van der Waals surface area contributed by atoms with Gasteiger partial charge in [0.1, 0.15) is 5.82 Å². The molecule has 6 heteroatoms. The summed E-state index contributed by atoms with van der Waals surface area (Å²) >= 11 is 0. The number of hydrogen-bond donors (Lipinski definition) is 1. The van der Waals surface area contributed by atoms with E-state index >= 15 is 0 Å². The van der Waals surface area contributed by atoms with Crippen molar-refractivity contribution in [2.75, 3.05) is 37.6 Å². The lowest BCUT2D eigenvalue weighted by Crippen LogP contribution is -2.34. The second-order valence-electron chi connectivity index (χ2n) is 5.80. The summed E-state index contributed by atoms with van der Waals surface area (Å²) in [6, 6.07) is 0.346. The third kappa shape index (κ3) is 3.32. The molecular formula is C15H23N5O. The summed E-state index contributed by atoms with van der Waals surface area (Å²) in [5.41, 5.74) is 1.04. The minimum Gasteiger partial charge on any atom is -0.353 e. The molecule has 2 fully saturated rings. The van der Waals surface area contributed by atoms with Gasteiger partial charge in [-0.05, 0) is 25.8 Å². The summed E-state index contributed by atoms with van der Waals surface area (Å²) in [5, 5.41) is 3.46. The molecule has 2 aliphatic rings. The second kappa shape index (κ2) is 6.39. The number of carbonyl (C=O) groups excluding carboxylic acids is 1. The Kier molecular flexibility index (Phi) is 4.34. The van der Waals surface area contributed by atoms with Crippen molar-refractivity contribution in [3.8, 4) is 0 Å². The highest BCUT2D eigenvalue weighted by atomic mass is 16.2. The number of hydrogen-bond acceptors (Lipinski definition) is 5. The van der Waals surface area contributed by atoms with Crippen LogP contribution in [0.4, 0.5) is 5.82 Å². The van der Waals surface area contributed by atoms with E-state index in [9.17, 15) is 4.79 Å². The first-order valence-corrected chi connectivity index (χ1v) is 7.80. The molecule has 0 bridgehead atoms. The average Bonchev–Trinajstić information content (AvgIpc) is 2.91. The fourth-order valence-electron chi connectivity index (χ4n) is 3.09. The van der Waals surface area contributed by atoms with Gasteiger partial charge >= 0.3 is 0 Å². The average molecular weight is 289 g/mol. The molecule has 6 nitrogen and oxygen atoms in total. The molecule has 2 saturated heterocycles. The molecule has 0 radical (unpaired) electrons. The smallest absolute Gasteiger partial charge is 0.219 e. The van der Waals surface area contributed by atoms with E-state index in [1.54, 1.807) is 6.92 Å². The van der Waals surface area contributed by atoms with E-state index in [1.165, 1.54) is 6.42 Å². The first-order chi connectivity index (χ1) is 10.2. The summed E-state index contributed by atoms with van der Waals surface area (Å²) in [5.74, 6) is 1.10. The first kappa shape index (κ1) is 14.3. The maximum Gasteiger partial charge on any atom is 0.219 e. The zero-order valence-electron chi connectivity index (χ0n) is 12.6. The number of rotatable bonds is 2. The Bertz CT molecular complexity index is 501. The van der Waals surface area contributed by atoms with Gasteiger partial charge in [-0.3, -0.25) is 9.78 Å². The molecule has 0 saturated carbocycles. The first-order valence-electron chi connectivity index (χ1n) is 7.80. The largest absolute Gasteiger partial charge is 0.353 e. The number of aromatic nitrogens is 2. The molecule has 0 spiro atoms. The maximum absolute atomic E-state index is 11.5. The van der Waals surface area contributed by atoms with Crippen LogP contribution >= 0.6 is 0 Å². The molecule has 0 aromatic carbocycles. The van der Waals surface area contributed by atoms with E-state index in [1.807, 2.05) is 17.3 Å². The molecule has 2 aliphatic heterocycles. The van der Waals surface area contributed by atoms with Gasteiger partial charge in [0.05, 0.1) is 24.1 Å². The number of nitrogens with one attached hydrogen (secondary N) is 1. The predicted molar refractivity (Wildman–Crippen MR) is 81.1 cm³/mol. The Morgan fingerprint density at radius 1 is 1.24 bits per heavy atom. The van der Waals surface area contributed by atoms with Gasteiger partial charge in [-0.1, -0.05) is 0 Å². The van der Waals surface area contributed by atoms with Crippen molar-refractivity contribution in [3.05, 3.63) is 18.1 Å². The molecule has 3 heterocycles. The highest BCUT2D eigenvalue weighted by molar-refractivity contribution is 5.73. The van der Waals surface area contributed by atoms with Gasteiger partial charge in [0.25, 0.3) is 0 Å². The highest BCUT2D eigenvalue weighted by Gasteiger charge is 2.21. The van der Waals surface area contributed by atoms with E-state index < -0.39 is 0 Å². The third-order valence-corrected chi connectivity index (χ3v) is 4.32. The number of nitrogens with zero attached hydrogens (tertiary/aromatic N) is 4. The second-order valence-corrected chi connectivity index (χ2v) is 5.80. The van der Waals surface area contributed by atoms with E-state index in [2.05, 4.69) is 15.2 Å². The van der Waals surface area contributed by atoms with Crippen LogP contribution in [0.15, 0.2) is 12.4 Å². The van der Waals surface area contributed by atoms with Gasteiger partial charge in [0.2, 0.25) is 5.91 Å². The summed E-state index contributed by atoms with van der Waals surface area (Å²) in [7, 11) is 0. The Morgan fingerprint density at radius 2 is 2.14 bits per heavy atom. The van der Waals surface area contributed by atoms with Gasteiger partial charge in [0.15, 0.2) is 0 Å². The zero-order valence-corrected chi connectivity index (χ0v) is 12.6. The lowest BCUT2D eigenvalue weighted by atomic mass is 10.2. The predicted octanol–water partition coefficient (Wildman–Crippen LogP) is 0.960.